The Labute approximate surface area is 170 Å². The summed E-state index contributed by atoms with van der Waals surface area (Å²) >= 11 is 0. The largest absolute Gasteiger partial charge is 0.341 e. The maximum absolute atomic E-state index is 2.44. The summed E-state index contributed by atoms with van der Waals surface area (Å²) in [6.45, 7) is 0. The third-order valence-electron chi connectivity index (χ3n) is 5.93. The molecule has 0 aromatic heterocycles. The zero-order valence-corrected chi connectivity index (χ0v) is 16.2. The van der Waals surface area contributed by atoms with Crippen LogP contribution in [0.25, 0.3) is 21.5 Å². The van der Waals surface area contributed by atoms with Crippen LogP contribution in [0.5, 0.6) is 0 Å². The Morgan fingerprint density at radius 1 is 0.483 bits per heavy atom. The molecule has 5 aromatic carbocycles. The van der Waals surface area contributed by atoms with Crippen LogP contribution in [0.15, 0.2) is 103 Å². The molecule has 0 spiro atoms. The molecule has 5 aromatic rings. The first-order valence-corrected chi connectivity index (χ1v) is 9.95. The zero-order chi connectivity index (χ0) is 19.4. The molecule has 138 valence electrons. The smallest absolute Gasteiger partial charge is 0.0700 e. The fourth-order valence-electron chi connectivity index (χ4n) is 4.60. The molecule has 1 aliphatic heterocycles. The summed E-state index contributed by atoms with van der Waals surface area (Å²) in [4.78, 5) is 4.73. The molecular weight excluding hydrogens is 352 g/mol. The summed E-state index contributed by atoms with van der Waals surface area (Å²) in [5.74, 6) is 0. The lowest BCUT2D eigenvalue weighted by molar-refractivity contribution is 1.13. The molecule has 0 bridgehead atoms. The van der Waals surface area contributed by atoms with Crippen molar-refractivity contribution >= 4 is 50.0 Å². The van der Waals surface area contributed by atoms with Gasteiger partial charge in [0.15, 0.2) is 0 Å². The lowest BCUT2D eigenvalue weighted by Gasteiger charge is -2.39. The van der Waals surface area contributed by atoms with Crippen LogP contribution >= 0.6 is 0 Å². The molecule has 0 fully saturated rings. The molecule has 0 saturated heterocycles. The van der Waals surface area contributed by atoms with Crippen LogP contribution < -0.4 is 9.80 Å². The molecule has 1 heterocycles. The molecule has 0 amide bonds. The average molecular weight is 372 g/mol. The van der Waals surface area contributed by atoms with E-state index in [0.717, 1.165) is 0 Å². The Balaban J connectivity index is 1.80. The van der Waals surface area contributed by atoms with E-state index in [1.807, 2.05) is 0 Å². The minimum atomic E-state index is 1.20. The molecule has 0 unspecified atom stereocenters. The van der Waals surface area contributed by atoms with Gasteiger partial charge in [-0.05, 0) is 41.1 Å². The third kappa shape index (κ3) is 2.29. The van der Waals surface area contributed by atoms with Crippen molar-refractivity contribution in [2.75, 3.05) is 16.8 Å². The summed E-state index contributed by atoms with van der Waals surface area (Å²) in [6.07, 6.45) is 0. The van der Waals surface area contributed by atoms with Gasteiger partial charge >= 0.3 is 0 Å². The van der Waals surface area contributed by atoms with Gasteiger partial charge in [-0.15, -0.1) is 0 Å². The quantitative estimate of drug-likeness (QED) is 0.280. The van der Waals surface area contributed by atoms with E-state index >= 15 is 0 Å². The fraction of sp³-hybridized carbons (Fsp3) is 0.0370. The minimum absolute atomic E-state index is 1.20. The average Bonchev–Trinajstić information content (AvgIpc) is 2.79. The van der Waals surface area contributed by atoms with Crippen LogP contribution in [-0.4, -0.2) is 7.05 Å². The van der Waals surface area contributed by atoms with Crippen LogP contribution in [0.2, 0.25) is 0 Å². The normalized spacial score (nSPS) is 12.9. The highest BCUT2D eigenvalue weighted by Crippen LogP contribution is 2.53. The van der Waals surface area contributed by atoms with Gasteiger partial charge in [-0.1, -0.05) is 72.8 Å². The maximum Gasteiger partial charge on any atom is 0.0700 e. The second-order valence-corrected chi connectivity index (χ2v) is 7.54. The van der Waals surface area contributed by atoms with Gasteiger partial charge in [0.1, 0.15) is 0 Å². The highest BCUT2D eigenvalue weighted by Gasteiger charge is 2.28. The van der Waals surface area contributed by atoms with Gasteiger partial charge < -0.3 is 9.80 Å². The van der Waals surface area contributed by atoms with Crippen molar-refractivity contribution in [2.45, 2.75) is 0 Å². The number of nitrogens with zero attached hydrogens (tertiary/aromatic N) is 2. The van der Waals surface area contributed by atoms with Crippen molar-refractivity contribution in [1.82, 2.24) is 0 Å². The summed E-state index contributed by atoms with van der Waals surface area (Å²) in [5, 5.41) is 5.05. The Bertz CT molecular complexity index is 1280. The lowest BCUT2D eigenvalue weighted by Crippen LogP contribution is -2.24. The van der Waals surface area contributed by atoms with E-state index in [0.29, 0.717) is 0 Å². The summed E-state index contributed by atoms with van der Waals surface area (Å²) in [5.41, 5.74) is 6.07. The van der Waals surface area contributed by atoms with E-state index in [-0.39, 0.29) is 0 Å². The van der Waals surface area contributed by atoms with Gasteiger partial charge in [-0.25, -0.2) is 0 Å². The second-order valence-electron chi connectivity index (χ2n) is 7.54. The van der Waals surface area contributed by atoms with Crippen molar-refractivity contribution in [2.24, 2.45) is 0 Å². The summed E-state index contributed by atoms with van der Waals surface area (Å²) in [6, 6.07) is 37.0. The molecule has 0 N–H and O–H groups in total. The second kappa shape index (κ2) is 6.11. The number of hydrogen-bond donors (Lipinski definition) is 0. The standard InChI is InChI=1S/C27H20N2/c1-28-23-14-6-8-16-25(23)29(26-17-9-7-15-24(26)28)27-21-12-4-2-10-19(21)18-20-11-3-5-13-22(20)27/h2-18H,1H3. The third-order valence-corrected chi connectivity index (χ3v) is 5.93. The van der Waals surface area contributed by atoms with Crippen molar-refractivity contribution in [3.8, 4) is 0 Å². The molecular formula is C27H20N2. The number of benzene rings is 5. The highest BCUT2D eigenvalue weighted by molar-refractivity contribution is 6.16. The Morgan fingerprint density at radius 2 is 0.897 bits per heavy atom. The maximum atomic E-state index is 2.44. The van der Waals surface area contributed by atoms with Crippen LogP contribution in [0.4, 0.5) is 28.4 Å². The molecule has 0 radical (unpaired) electrons. The van der Waals surface area contributed by atoms with Gasteiger partial charge in [0.05, 0.1) is 28.4 Å². The highest BCUT2D eigenvalue weighted by atomic mass is 15.3. The van der Waals surface area contributed by atoms with Crippen molar-refractivity contribution in [3.05, 3.63) is 103 Å². The molecule has 0 atom stereocenters. The monoisotopic (exact) mass is 372 g/mol. The molecule has 2 heteroatoms. The predicted octanol–water partition coefficient (Wildman–Crippen LogP) is 7.54. The Hall–Kier alpha value is -3.78. The number of anilines is 5. The molecule has 0 saturated carbocycles. The Morgan fingerprint density at radius 3 is 1.41 bits per heavy atom. The van der Waals surface area contributed by atoms with E-state index in [9.17, 15) is 0 Å². The molecule has 1 aliphatic rings. The molecule has 29 heavy (non-hydrogen) atoms. The van der Waals surface area contributed by atoms with Crippen molar-refractivity contribution < 1.29 is 0 Å². The van der Waals surface area contributed by atoms with Crippen molar-refractivity contribution in [1.29, 1.82) is 0 Å². The number of fused-ring (bicyclic) bond motifs is 4. The first-order chi connectivity index (χ1) is 14.3. The fourth-order valence-corrected chi connectivity index (χ4v) is 4.60. The van der Waals surface area contributed by atoms with Gasteiger partial charge in [-0.2, -0.15) is 0 Å². The molecule has 0 aliphatic carbocycles. The van der Waals surface area contributed by atoms with E-state index < -0.39 is 0 Å². The first-order valence-electron chi connectivity index (χ1n) is 9.95. The topological polar surface area (TPSA) is 6.48 Å². The van der Waals surface area contributed by atoms with Crippen LogP contribution in [0, 0.1) is 0 Å². The summed E-state index contributed by atoms with van der Waals surface area (Å²) < 4.78 is 0. The van der Waals surface area contributed by atoms with E-state index in [2.05, 4.69) is 120 Å². The minimum Gasteiger partial charge on any atom is -0.341 e. The lowest BCUT2D eigenvalue weighted by atomic mass is 9.97. The van der Waals surface area contributed by atoms with E-state index in [1.54, 1.807) is 0 Å². The number of para-hydroxylation sites is 4. The van der Waals surface area contributed by atoms with Crippen LogP contribution in [0.1, 0.15) is 0 Å². The van der Waals surface area contributed by atoms with E-state index in [1.165, 1.54) is 50.0 Å². The zero-order valence-electron chi connectivity index (χ0n) is 16.2. The summed E-state index contributed by atoms with van der Waals surface area (Å²) in [7, 11) is 2.15. The number of hydrogen-bond acceptors (Lipinski definition) is 2. The Kier molecular flexibility index (Phi) is 3.41. The van der Waals surface area contributed by atoms with Gasteiger partial charge in [0, 0.05) is 17.8 Å². The molecule has 2 nitrogen and oxygen atoms in total. The van der Waals surface area contributed by atoms with Gasteiger partial charge in [-0.3, -0.25) is 0 Å². The van der Waals surface area contributed by atoms with Gasteiger partial charge in [0.2, 0.25) is 0 Å². The molecule has 6 rings (SSSR count). The van der Waals surface area contributed by atoms with Crippen LogP contribution in [-0.2, 0) is 0 Å². The van der Waals surface area contributed by atoms with Gasteiger partial charge in [0.25, 0.3) is 0 Å². The first kappa shape index (κ1) is 16.2. The van der Waals surface area contributed by atoms with Crippen LogP contribution in [0.3, 0.4) is 0 Å². The predicted molar refractivity (Wildman–Crippen MR) is 124 cm³/mol. The number of rotatable bonds is 1. The van der Waals surface area contributed by atoms with Crippen molar-refractivity contribution in [3.63, 3.8) is 0 Å². The van der Waals surface area contributed by atoms with E-state index in [4.69, 9.17) is 0 Å². The SMILES string of the molecule is CN1c2ccccc2N(c2c3ccccc3cc3ccccc23)c2ccccc21.